The topological polar surface area (TPSA) is 37.4 Å². The van der Waals surface area contributed by atoms with Crippen LogP contribution in [0, 0.1) is 6.92 Å². The average molecular weight is 237 g/mol. The number of aryl methyl sites for hydroxylation is 1. The van der Waals surface area contributed by atoms with Gasteiger partial charge in [-0.3, -0.25) is 14.5 Å². The second-order valence-electron chi connectivity index (χ2n) is 2.84. The fraction of sp³-hybridized carbons (Fsp3) is 0.429. The Morgan fingerprint density at radius 2 is 1.59 bits per heavy atom. The molecule has 0 fully saturated rings. The summed E-state index contributed by atoms with van der Waals surface area (Å²) in [6.45, 7) is 9.84. The minimum Gasteiger partial charge on any atom is -0.284 e. The molecule has 1 aromatic rings. The summed E-state index contributed by atoms with van der Waals surface area (Å²) in [6.07, 6.45) is 0.509. The van der Waals surface area contributed by atoms with Crippen molar-refractivity contribution in [3.8, 4) is 0 Å². The van der Waals surface area contributed by atoms with Gasteiger partial charge in [-0.15, -0.1) is 0 Å². The number of carbonyl (C=O) groups excluding carboxylic acids is 2. The van der Waals surface area contributed by atoms with E-state index < -0.39 is 0 Å². The van der Waals surface area contributed by atoms with Gasteiger partial charge in [-0.05, 0) is 18.6 Å². The van der Waals surface area contributed by atoms with Crippen LogP contribution in [0.25, 0.3) is 0 Å². The van der Waals surface area contributed by atoms with Crippen LogP contribution in [-0.4, -0.2) is 24.3 Å². The molecule has 0 N–H and O–H groups in total. The smallest absolute Gasteiger partial charge is 0.260 e. The van der Waals surface area contributed by atoms with E-state index in [1.54, 1.807) is 12.1 Å². The number of hydrogen-bond donors (Lipinski definition) is 0. The molecule has 0 spiro atoms. The highest BCUT2D eigenvalue weighted by atomic mass is 16.2. The Kier molecular flexibility index (Phi) is 11.3. The number of imide groups is 1. The molecule has 2 amide bonds. The first kappa shape index (κ1) is 17.7. The van der Waals surface area contributed by atoms with E-state index in [4.69, 9.17) is 0 Å². The largest absolute Gasteiger partial charge is 0.284 e. The van der Waals surface area contributed by atoms with Gasteiger partial charge in [0.05, 0.1) is 0 Å². The van der Waals surface area contributed by atoms with Crippen LogP contribution < -0.4 is 0 Å². The Morgan fingerprint density at radius 3 is 2.00 bits per heavy atom. The third-order valence-electron chi connectivity index (χ3n) is 1.85. The van der Waals surface area contributed by atoms with Gasteiger partial charge in [0, 0.05) is 12.6 Å². The van der Waals surface area contributed by atoms with Crippen LogP contribution in [-0.2, 0) is 4.79 Å². The van der Waals surface area contributed by atoms with Gasteiger partial charge in [-0.2, -0.15) is 0 Å². The molecule has 0 aromatic heterocycles. The maximum absolute atomic E-state index is 11.5. The van der Waals surface area contributed by atoms with Gasteiger partial charge >= 0.3 is 0 Å². The summed E-state index contributed by atoms with van der Waals surface area (Å²) in [4.78, 5) is 22.9. The van der Waals surface area contributed by atoms with Gasteiger partial charge in [0.1, 0.15) is 0 Å². The van der Waals surface area contributed by atoms with Crippen molar-refractivity contribution < 1.29 is 9.59 Å². The molecule has 0 heterocycles. The molecule has 0 saturated carbocycles. The van der Waals surface area contributed by atoms with E-state index in [9.17, 15) is 9.59 Å². The predicted octanol–water partition coefficient (Wildman–Crippen LogP) is 3.28. The van der Waals surface area contributed by atoms with Crippen molar-refractivity contribution in [2.75, 3.05) is 7.05 Å². The van der Waals surface area contributed by atoms with Crippen LogP contribution in [0.15, 0.2) is 24.3 Å². The molecule has 0 bridgehead atoms. The van der Waals surface area contributed by atoms with Crippen molar-refractivity contribution in [3.63, 3.8) is 0 Å². The van der Waals surface area contributed by atoms with E-state index in [0.717, 1.165) is 10.5 Å². The summed E-state index contributed by atoms with van der Waals surface area (Å²) in [7, 11) is 1.45. The van der Waals surface area contributed by atoms with Gasteiger partial charge in [0.25, 0.3) is 5.91 Å². The van der Waals surface area contributed by atoms with E-state index in [2.05, 4.69) is 0 Å². The first-order valence-electron chi connectivity index (χ1n) is 5.95. The average Bonchev–Trinajstić information content (AvgIpc) is 2.42. The van der Waals surface area contributed by atoms with Crippen LogP contribution >= 0.6 is 0 Å². The normalized spacial score (nSPS) is 7.88. The number of nitrogens with zero attached hydrogens (tertiary/aromatic N) is 1. The molecule has 0 aliphatic rings. The van der Waals surface area contributed by atoms with Crippen LogP contribution in [0.3, 0.4) is 0 Å². The van der Waals surface area contributed by atoms with Gasteiger partial charge in [0.15, 0.2) is 0 Å². The quantitative estimate of drug-likeness (QED) is 0.740. The zero-order valence-corrected chi connectivity index (χ0v) is 11.7. The second-order valence-corrected chi connectivity index (χ2v) is 2.84. The molecule has 1 aromatic carbocycles. The van der Waals surface area contributed by atoms with Gasteiger partial charge in [-0.25, -0.2) is 0 Å². The van der Waals surface area contributed by atoms with E-state index in [1.807, 2.05) is 46.8 Å². The monoisotopic (exact) mass is 237 g/mol. The molecule has 3 nitrogen and oxygen atoms in total. The van der Waals surface area contributed by atoms with Gasteiger partial charge in [0.2, 0.25) is 6.41 Å². The number of hydrogen-bond acceptors (Lipinski definition) is 2. The summed E-state index contributed by atoms with van der Waals surface area (Å²) in [5.74, 6) is -0.270. The first-order valence-corrected chi connectivity index (χ1v) is 5.95. The van der Waals surface area contributed by atoms with Crippen LogP contribution in [0.4, 0.5) is 0 Å². The molecule has 17 heavy (non-hydrogen) atoms. The minimum absolute atomic E-state index is 0.270. The third-order valence-corrected chi connectivity index (χ3v) is 1.85. The van der Waals surface area contributed by atoms with Crippen molar-refractivity contribution >= 4 is 12.3 Å². The van der Waals surface area contributed by atoms with Crippen LogP contribution in [0.5, 0.6) is 0 Å². The molecule has 0 aliphatic heterocycles. The zero-order chi connectivity index (χ0) is 13.8. The first-order chi connectivity index (χ1) is 8.16. The Balaban J connectivity index is 0. The molecule has 0 radical (unpaired) electrons. The second kappa shape index (κ2) is 10.9. The number of carbonyl (C=O) groups is 2. The number of rotatable bonds is 2. The lowest BCUT2D eigenvalue weighted by Crippen LogP contribution is -2.25. The van der Waals surface area contributed by atoms with Crippen LogP contribution in [0.2, 0.25) is 0 Å². The summed E-state index contributed by atoms with van der Waals surface area (Å²) in [6, 6.07) is 7.18. The van der Waals surface area contributed by atoms with Gasteiger partial charge in [-0.1, -0.05) is 45.9 Å². The van der Waals surface area contributed by atoms with Crippen molar-refractivity contribution in [1.29, 1.82) is 0 Å². The Labute approximate surface area is 104 Å². The maximum atomic E-state index is 11.5. The lowest BCUT2D eigenvalue weighted by atomic mass is 10.1. The lowest BCUT2D eigenvalue weighted by Gasteiger charge is -2.10. The summed E-state index contributed by atoms with van der Waals surface area (Å²) >= 11 is 0. The summed E-state index contributed by atoms with van der Waals surface area (Å²) in [5, 5.41) is 0. The summed E-state index contributed by atoms with van der Waals surface area (Å²) in [5.41, 5.74) is 1.44. The summed E-state index contributed by atoms with van der Waals surface area (Å²) < 4.78 is 0. The minimum atomic E-state index is -0.270. The third kappa shape index (κ3) is 5.85. The molecule has 1 rings (SSSR count). The molecule has 0 unspecified atom stereocenters. The highest BCUT2D eigenvalue weighted by Gasteiger charge is 2.11. The Bertz CT molecular complexity index is 335. The number of benzene rings is 1. The highest BCUT2D eigenvalue weighted by molar-refractivity contribution is 6.00. The van der Waals surface area contributed by atoms with Gasteiger partial charge < -0.3 is 0 Å². The molecule has 0 aliphatic carbocycles. The molecular weight excluding hydrogens is 214 g/mol. The molecule has 0 saturated heterocycles. The van der Waals surface area contributed by atoms with E-state index in [0.29, 0.717) is 12.0 Å². The molecule has 96 valence electrons. The highest BCUT2D eigenvalue weighted by Crippen LogP contribution is 2.08. The molecular formula is C14H23NO2. The van der Waals surface area contributed by atoms with Crippen molar-refractivity contribution in [2.45, 2.75) is 34.6 Å². The molecule has 0 atom stereocenters. The number of amides is 2. The van der Waals surface area contributed by atoms with Crippen molar-refractivity contribution in [2.24, 2.45) is 0 Å². The van der Waals surface area contributed by atoms with Crippen molar-refractivity contribution in [3.05, 3.63) is 35.4 Å². The SMILES string of the molecule is CC.CC.Cc1ccccc1C(=O)N(C)C=O. The van der Waals surface area contributed by atoms with Crippen molar-refractivity contribution in [1.82, 2.24) is 4.90 Å². The molecule has 3 heteroatoms. The standard InChI is InChI=1S/C10H11NO2.2C2H6/c1-8-5-3-4-6-9(8)10(13)11(2)7-12;2*1-2/h3-7H,1-2H3;2*1-2H3. The van der Waals surface area contributed by atoms with E-state index in [-0.39, 0.29) is 5.91 Å². The fourth-order valence-electron chi connectivity index (χ4n) is 1.05. The van der Waals surface area contributed by atoms with E-state index >= 15 is 0 Å². The fourth-order valence-corrected chi connectivity index (χ4v) is 1.05. The Morgan fingerprint density at radius 1 is 1.12 bits per heavy atom. The maximum Gasteiger partial charge on any atom is 0.260 e. The van der Waals surface area contributed by atoms with Crippen LogP contribution in [0.1, 0.15) is 43.6 Å². The lowest BCUT2D eigenvalue weighted by molar-refractivity contribution is -0.115. The van der Waals surface area contributed by atoms with E-state index in [1.165, 1.54) is 7.05 Å². The predicted molar refractivity (Wildman–Crippen MR) is 72.0 cm³/mol. The zero-order valence-electron chi connectivity index (χ0n) is 11.7. The Hall–Kier alpha value is -1.64.